The van der Waals surface area contributed by atoms with E-state index in [4.69, 9.17) is 23.2 Å². The molecule has 1 aromatic heterocycles. The molecule has 0 bridgehead atoms. The standard InChI is InChI=1S/C23H29Cl2FN4O2S/c1-22(30-14-12-27-13-15-30,19-5-2-6-20(24)21(19)25)23(26)9-7-17(8-10-23)29-33(31,32)18-4-3-11-28-16-18/h2-6,11,16-17,27,29H,7-10,12-15H2,1H3. The van der Waals surface area contributed by atoms with E-state index in [0.717, 1.165) is 13.1 Å². The topological polar surface area (TPSA) is 74.3 Å². The van der Waals surface area contributed by atoms with Crippen molar-refractivity contribution in [3.63, 3.8) is 0 Å². The Balaban J connectivity index is 1.59. The molecule has 180 valence electrons. The second-order valence-electron chi connectivity index (χ2n) is 8.96. The number of rotatable bonds is 6. The molecular formula is C23H29Cl2FN4O2S. The number of hydrogen-bond donors (Lipinski definition) is 2. The summed E-state index contributed by atoms with van der Waals surface area (Å²) in [6.45, 7) is 4.80. The first-order chi connectivity index (χ1) is 15.7. The van der Waals surface area contributed by atoms with Crippen molar-refractivity contribution in [1.82, 2.24) is 19.9 Å². The quantitative estimate of drug-likeness (QED) is 0.605. The molecule has 4 rings (SSSR count). The van der Waals surface area contributed by atoms with Gasteiger partial charge in [0.05, 0.1) is 15.6 Å². The Morgan fingerprint density at radius 2 is 1.88 bits per heavy atom. The molecule has 1 saturated carbocycles. The van der Waals surface area contributed by atoms with E-state index in [2.05, 4.69) is 19.9 Å². The molecule has 2 heterocycles. The number of alkyl halides is 1. The fourth-order valence-electron chi connectivity index (χ4n) is 5.16. The zero-order valence-electron chi connectivity index (χ0n) is 18.5. The minimum Gasteiger partial charge on any atom is -0.314 e. The van der Waals surface area contributed by atoms with Crippen molar-refractivity contribution >= 4 is 33.2 Å². The van der Waals surface area contributed by atoms with Gasteiger partial charge < -0.3 is 5.32 Å². The maximum atomic E-state index is 17.0. The van der Waals surface area contributed by atoms with Crippen LogP contribution < -0.4 is 10.0 Å². The lowest BCUT2D eigenvalue weighted by Gasteiger charge is -2.54. The SMILES string of the molecule is CC(c1cccc(Cl)c1Cl)(N1CCNCC1)C1(F)CCC(NS(=O)(=O)c2cccnc2)CC1. The van der Waals surface area contributed by atoms with Crippen LogP contribution in [0.2, 0.25) is 10.0 Å². The summed E-state index contributed by atoms with van der Waals surface area (Å²) in [5, 5.41) is 4.10. The van der Waals surface area contributed by atoms with E-state index in [1.54, 1.807) is 18.2 Å². The maximum absolute atomic E-state index is 17.0. The van der Waals surface area contributed by atoms with Gasteiger partial charge in [-0.15, -0.1) is 0 Å². The van der Waals surface area contributed by atoms with Gasteiger partial charge in [-0.25, -0.2) is 17.5 Å². The zero-order chi connectivity index (χ0) is 23.7. The Labute approximate surface area is 204 Å². The molecule has 1 unspecified atom stereocenters. The lowest BCUT2D eigenvalue weighted by atomic mass is 9.67. The van der Waals surface area contributed by atoms with Crippen LogP contribution in [-0.4, -0.2) is 56.2 Å². The van der Waals surface area contributed by atoms with E-state index >= 15 is 4.39 Å². The first-order valence-corrected chi connectivity index (χ1v) is 13.4. The van der Waals surface area contributed by atoms with Gasteiger partial charge >= 0.3 is 0 Å². The van der Waals surface area contributed by atoms with Crippen molar-refractivity contribution in [1.29, 1.82) is 0 Å². The molecule has 1 aliphatic heterocycles. The van der Waals surface area contributed by atoms with E-state index < -0.39 is 21.2 Å². The molecule has 1 aliphatic carbocycles. The highest BCUT2D eigenvalue weighted by Crippen LogP contribution is 2.52. The lowest BCUT2D eigenvalue weighted by molar-refractivity contribution is -0.0829. The van der Waals surface area contributed by atoms with Crippen LogP contribution in [0.15, 0.2) is 47.6 Å². The van der Waals surface area contributed by atoms with Crippen molar-refractivity contribution in [2.45, 2.75) is 54.8 Å². The van der Waals surface area contributed by atoms with Crippen molar-refractivity contribution in [2.75, 3.05) is 26.2 Å². The third-order valence-electron chi connectivity index (χ3n) is 7.14. The second kappa shape index (κ2) is 9.76. The predicted octanol–water partition coefficient (Wildman–Crippen LogP) is 4.14. The normalized spacial score (nSPS) is 26.6. The molecule has 6 nitrogen and oxygen atoms in total. The molecule has 2 N–H and O–H groups in total. The van der Waals surface area contributed by atoms with Gasteiger partial charge in [0, 0.05) is 44.6 Å². The van der Waals surface area contributed by atoms with Crippen molar-refractivity contribution < 1.29 is 12.8 Å². The number of nitrogens with zero attached hydrogens (tertiary/aromatic N) is 2. The van der Waals surface area contributed by atoms with Gasteiger partial charge in [-0.2, -0.15) is 0 Å². The van der Waals surface area contributed by atoms with Gasteiger partial charge in [0.2, 0.25) is 10.0 Å². The summed E-state index contributed by atoms with van der Waals surface area (Å²) in [6, 6.07) is 8.10. The Hall–Kier alpha value is -1.29. The van der Waals surface area contributed by atoms with Crippen molar-refractivity contribution in [3.8, 4) is 0 Å². The molecule has 1 saturated heterocycles. The second-order valence-corrected chi connectivity index (χ2v) is 11.5. The van der Waals surface area contributed by atoms with Crippen LogP contribution in [0.3, 0.4) is 0 Å². The summed E-state index contributed by atoms with van der Waals surface area (Å²) in [5.74, 6) is 0. The molecule has 33 heavy (non-hydrogen) atoms. The number of hydrogen-bond acceptors (Lipinski definition) is 5. The van der Waals surface area contributed by atoms with E-state index in [-0.39, 0.29) is 23.8 Å². The van der Waals surface area contributed by atoms with Crippen LogP contribution in [0, 0.1) is 0 Å². The Morgan fingerprint density at radius 1 is 1.18 bits per heavy atom. The Kier molecular flexibility index (Phi) is 7.34. The van der Waals surface area contributed by atoms with E-state index in [1.807, 2.05) is 13.0 Å². The van der Waals surface area contributed by atoms with Crippen LogP contribution in [0.4, 0.5) is 4.39 Å². The summed E-state index contributed by atoms with van der Waals surface area (Å²) in [4.78, 5) is 6.15. The van der Waals surface area contributed by atoms with E-state index in [9.17, 15) is 8.42 Å². The highest BCUT2D eigenvalue weighted by Gasteiger charge is 2.55. The van der Waals surface area contributed by atoms with Crippen molar-refractivity contribution in [3.05, 3.63) is 58.3 Å². The molecule has 2 aromatic rings. The Bertz CT molecular complexity index is 1080. The number of aromatic nitrogens is 1. The minimum absolute atomic E-state index is 0.110. The summed E-state index contributed by atoms with van der Waals surface area (Å²) in [7, 11) is -3.71. The monoisotopic (exact) mass is 514 g/mol. The third-order valence-corrected chi connectivity index (χ3v) is 9.47. The van der Waals surface area contributed by atoms with Crippen LogP contribution >= 0.6 is 23.2 Å². The summed E-state index contributed by atoms with van der Waals surface area (Å²) < 4.78 is 45.2. The first-order valence-electron chi connectivity index (χ1n) is 11.2. The zero-order valence-corrected chi connectivity index (χ0v) is 20.9. The van der Waals surface area contributed by atoms with Crippen LogP contribution in [0.5, 0.6) is 0 Å². The van der Waals surface area contributed by atoms with E-state index in [0.29, 0.717) is 41.5 Å². The average molecular weight is 515 g/mol. The Morgan fingerprint density at radius 3 is 2.52 bits per heavy atom. The summed E-state index contributed by atoms with van der Waals surface area (Å²) in [6.07, 6.45) is 4.01. The van der Waals surface area contributed by atoms with Gasteiger partial charge in [-0.05, 0) is 56.4 Å². The van der Waals surface area contributed by atoms with Crippen LogP contribution in [0.1, 0.15) is 38.2 Å². The van der Waals surface area contributed by atoms with Gasteiger partial charge in [-0.3, -0.25) is 9.88 Å². The van der Waals surface area contributed by atoms with Gasteiger partial charge in [-0.1, -0.05) is 35.3 Å². The number of pyridine rings is 1. The highest BCUT2D eigenvalue weighted by molar-refractivity contribution is 7.89. The number of sulfonamides is 1. The summed E-state index contributed by atoms with van der Waals surface area (Å²) >= 11 is 13.0. The molecule has 1 aromatic carbocycles. The molecule has 0 spiro atoms. The van der Waals surface area contributed by atoms with Crippen LogP contribution in [0.25, 0.3) is 0 Å². The first kappa shape index (κ1) is 24.8. The third kappa shape index (κ3) is 4.79. The molecule has 0 amide bonds. The van der Waals surface area contributed by atoms with Gasteiger partial charge in [0.1, 0.15) is 10.6 Å². The van der Waals surface area contributed by atoms with Gasteiger partial charge in [0.15, 0.2) is 0 Å². The molecular weight excluding hydrogens is 486 g/mol. The fourth-order valence-corrected chi connectivity index (χ4v) is 6.91. The fraction of sp³-hybridized carbons (Fsp3) is 0.522. The highest BCUT2D eigenvalue weighted by atomic mass is 35.5. The molecule has 0 radical (unpaired) electrons. The summed E-state index contributed by atoms with van der Waals surface area (Å²) in [5.41, 5.74) is -1.92. The minimum atomic E-state index is -3.71. The lowest BCUT2D eigenvalue weighted by Crippen LogP contribution is -2.63. The maximum Gasteiger partial charge on any atom is 0.242 e. The predicted molar refractivity (Wildman–Crippen MR) is 129 cm³/mol. The molecule has 2 aliphatic rings. The molecule has 10 heteroatoms. The number of halogens is 3. The van der Waals surface area contributed by atoms with Gasteiger partial charge in [0.25, 0.3) is 0 Å². The smallest absolute Gasteiger partial charge is 0.242 e. The largest absolute Gasteiger partial charge is 0.314 e. The van der Waals surface area contributed by atoms with Crippen LogP contribution in [-0.2, 0) is 15.6 Å². The number of nitrogens with one attached hydrogen (secondary N) is 2. The van der Waals surface area contributed by atoms with E-state index in [1.165, 1.54) is 18.5 Å². The number of piperazine rings is 1. The number of benzene rings is 1. The molecule has 1 atom stereocenters. The average Bonchev–Trinajstić information content (AvgIpc) is 2.83. The molecule has 2 fully saturated rings. The van der Waals surface area contributed by atoms with Crippen molar-refractivity contribution in [2.24, 2.45) is 0 Å².